The van der Waals surface area contributed by atoms with Crippen LogP contribution in [0.4, 0.5) is 13.2 Å². The Bertz CT molecular complexity index is 658. The van der Waals surface area contributed by atoms with Gasteiger partial charge in [-0.05, 0) is 24.3 Å². The van der Waals surface area contributed by atoms with Crippen LogP contribution in [0.3, 0.4) is 0 Å². The van der Waals surface area contributed by atoms with Crippen molar-refractivity contribution in [1.82, 2.24) is 4.31 Å². The molecule has 0 saturated carbocycles. The molecule has 130 valence electrons. The van der Waals surface area contributed by atoms with Crippen molar-refractivity contribution in [3.8, 4) is 0 Å². The molecule has 0 aliphatic carbocycles. The summed E-state index contributed by atoms with van der Waals surface area (Å²) in [5.41, 5.74) is 5.20. The number of nitrogens with two attached hydrogens (primary N) is 1. The third-order valence-corrected chi connectivity index (χ3v) is 6.11. The van der Waals surface area contributed by atoms with Crippen molar-refractivity contribution >= 4 is 33.2 Å². The Balaban J connectivity index is 0.000000322. The molecule has 0 bridgehead atoms. The summed E-state index contributed by atoms with van der Waals surface area (Å²) in [5, 5.41) is 8.82. The zero-order valence-electron chi connectivity index (χ0n) is 11.5. The highest BCUT2D eigenvalue weighted by Crippen LogP contribution is 2.28. The summed E-state index contributed by atoms with van der Waals surface area (Å²) < 4.78 is 57.5. The van der Waals surface area contributed by atoms with E-state index in [0.29, 0.717) is 19.4 Å². The number of rotatable bonds is 3. The van der Waals surface area contributed by atoms with E-state index in [-0.39, 0.29) is 4.21 Å². The maximum atomic E-state index is 12.1. The molecule has 1 aliphatic heterocycles. The summed E-state index contributed by atoms with van der Waals surface area (Å²) in [5.74, 6) is -3.33. The minimum atomic E-state index is -5.08. The van der Waals surface area contributed by atoms with Gasteiger partial charge in [0.05, 0.1) is 0 Å². The lowest BCUT2D eigenvalue weighted by Gasteiger charge is -2.20. The number of nitrogens with zero attached hydrogens (tertiary/aromatic N) is 1. The molecule has 1 aromatic rings. The Labute approximate surface area is 133 Å². The Morgan fingerprint density at radius 1 is 1.39 bits per heavy atom. The highest BCUT2D eigenvalue weighted by Gasteiger charge is 2.39. The standard InChI is InChI=1S/C9H12N2O3S2.C2HF3O2/c10-9(12)7-3-1-5-11(7)16(13,14)8-4-2-6-15-8;3-2(4,5)1(6)7/h2,4,6-7H,1,3,5H2,(H2,10,12);(H,6,7)/t7-;/m0./s1. The fourth-order valence-corrected chi connectivity index (χ4v) is 4.62. The van der Waals surface area contributed by atoms with Crippen LogP contribution in [0.25, 0.3) is 0 Å². The van der Waals surface area contributed by atoms with Crippen LogP contribution < -0.4 is 5.73 Å². The molecule has 1 fully saturated rings. The zero-order valence-corrected chi connectivity index (χ0v) is 13.1. The number of carbonyl (C=O) groups is 2. The van der Waals surface area contributed by atoms with E-state index in [0.717, 1.165) is 11.3 Å². The smallest absolute Gasteiger partial charge is 0.475 e. The molecule has 2 rings (SSSR count). The number of primary amides is 1. The van der Waals surface area contributed by atoms with Crippen LogP contribution in [0.2, 0.25) is 0 Å². The van der Waals surface area contributed by atoms with Gasteiger partial charge in [-0.15, -0.1) is 11.3 Å². The minimum Gasteiger partial charge on any atom is -0.475 e. The van der Waals surface area contributed by atoms with Gasteiger partial charge in [-0.2, -0.15) is 17.5 Å². The van der Waals surface area contributed by atoms with Crippen LogP contribution in [0, 0.1) is 0 Å². The number of thiophene rings is 1. The van der Waals surface area contributed by atoms with Crippen LogP contribution in [0.5, 0.6) is 0 Å². The van der Waals surface area contributed by atoms with Gasteiger partial charge in [-0.3, -0.25) is 4.79 Å². The lowest BCUT2D eigenvalue weighted by Crippen LogP contribution is -2.43. The van der Waals surface area contributed by atoms with Crippen molar-refractivity contribution in [3.63, 3.8) is 0 Å². The first-order chi connectivity index (χ1) is 10.5. The molecule has 0 radical (unpaired) electrons. The summed E-state index contributed by atoms with van der Waals surface area (Å²) >= 11 is 1.15. The third kappa shape index (κ3) is 4.91. The average molecular weight is 374 g/mol. The maximum absolute atomic E-state index is 12.1. The second-order valence-electron chi connectivity index (χ2n) is 4.41. The van der Waals surface area contributed by atoms with Gasteiger partial charge in [0, 0.05) is 6.54 Å². The van der Waals surface area contributed by atoms with Crippen molar-refractivity contribution in [2.24, 2.45) is 5.73 Å². The molecule has 23 heavy (non-hydrogen) atoms. The van der Waals surface area contributed by atoms with Gasteiger partial charge in [-0.25, -0.2) is 13.2 Å². The molecule has 1 saturated heterocycles. The molecule has 1 aromatic heterocycles. The van der Waals surface area contributed by atoms with E-state index in [9.17, 15) is 26.4 Å². The monoisotopic (exact) mass is 374 g/mol. The fraction of sp³-hybridized carbons (Fsp3) is 0.455. The lowest BCUT2D eigenvalue weighted by molar-refractivity contribution is -0.192. The first-order valence-electron chi connectivity index (χ1n) is 6.12. The summed E-state index contributed by atoms with van der Waals surface area (Å²) in [6.07, 6.45) is -3.89. The molecule has 3 N–H and O–H groups in total. The molecule has 7 nitrogen and oxygen atoms in total. The van der Waals surface area contributed by atoms with E-state index < -0.39 is 34.1 Å². The number of carbonyl (C=O) groups excluding carboxylic acids is 1. The fourth-order valence-electron chi connectivity index (χ4n) is 1.84. The normalized spacial score (nSPS) is 19.0. The van der Waals surface area contributed by atoms with Crippen LogP contribution >= 0.6 is 11.3 Å². The molecule has 2 heterocycles. The quantitative estimate of drug-likeness (QED) is 0.819. The summed E-state index contributed by atoms with van der Waals surface area (Å²) in [6, 6.07) is 2.52. The second-order valence-corrected chi connectivity index (χ2v) is 7.48. The Kier molecular flexibility index (Phi) is 6.13. The van der Waals surface area contributed by atoms with Gasteiger partial charge >= 0.3 is 12.1 Å². The van der Waals surface area contributed by atoms with Crippen molar-refractivity contribution < 1.29 is 36.3 Å². The molecule has 1 amide bonds. The van der Waals surface area contributed by atoms with E-state index in [2.05, 4.69) is 0 Å². The second kappa shape index (κ2) is 7.27. The molecule has 1 aliphatic rings. The molecular weight excluding hydrogens is 361 g/mol. The first kappa shape index (κ1) is 19.4. The van der Waals surface area contributed by atoms with Crippen LogP contribution in [-0.4, -0.2) is 48.5 Å². The number of hydrogen-bond acceptors (Lipinski definition) is 5. The number of alkyl halides is 3. The summed E-state index contributed by atoms with van der Waals surface area (Å²) in [7, 11) is -3.54. The zero-order chi connectivity index (χ0) is 17.8. The van der Waals surface area contributed by atoms with Crippen molar-refractivity contribution in [3.05, 3.63) is 17.5 Å². The average Bonchev–Trinajstić information content (AvgIpc) is 3.10. The Hall–Kier alpha value is -1.66. The molecule has 1 atom stereocenters. The number of amides is 1. The van der Waals surface area contributed by atoms with Gasteiger partial charge in [0.15, 0.2) is 0 Å². The Morgan fingerprint density at radius 3 is 2.35 bits per heavy atom. The summed E-state index contributed by atoms with van der Waals surface area (Å²) in [6.45, 7) is 0.369. The van der Waals surface area contributed by atoms with Gasteiger partial charge in [-0.1, -0.05) is 6.07 Å². The number of hydrogen-bond donors (Lipinski definition) is 2. The predicted molar refractivity (Wildman–Crippen MR) is 74.1 cm³/mol. The van der Waals surface area contributed by atoms with Gasteiger partial charge in [0.25, 0.3) is 10.0 Å². The molecular formula is C11H13F3N2O5S2. The number of aliphatic carboxylic acids is 1. The number of sulfonamides is 1. The number of carboxylic acid groups (broad SMARTS) is 1. The van der Waals surface area contributed by atoms with E-state index in [1.807, 2.05) is 0 Å². The molecule has 0 unspecified atom stereocenters. The van der Waals surface area contributed by atoms with E-state index in [1.54, 1.807) is 11.4 Å². The predicted octanol–water partition coefficient (Wildman–Crippen LogP) is 1.02. The van der Waals surface area contributed by atoms with Crippen LogP contribution in [0.1, 0.15) is 12.8 Å². The van der Waals surface area contributed by atoms with Crippen LogP contribution in [0.15, 0.2) is 21.7 Å². The van der Waals surface area contributed by atoms with E-state index in [1.165, 1.54) is 10.4 Å². The van der Waals surface area contributed by atoms with Gasteiger partial charge in [0.1, 0.15) is 10.3 Å². The topological polar surface area (TPSA) is 118 Å². The SMILES string of the molecule is NC(=O)[C@@H]1CCCN1S(=O)(=O)c1cccs1.O=C(O)C(F)(F)F. The van der Waals surface area contributed by atoms with Crippen LogP contribution in [-0.2, 0) is 19.6 Å². The van der Waals surface area contributed by atoms with Gasteiger partial charge in [0.2, 0.25) is 5.91 Å². The van der Waals surface area contributed by atoms with Crippen molar-refractivity contribution in [1.29, 1.82) is 0 Å². The number of halogens is 3. The van der Waals surface area contributed by atoms with Gasteiger partial charge < -0.3 is 10.8 Å². The van der Waals surface area contributed by atoms with Crippen molar-refractivity contribution in [2.45, 2.75) is 29.3 Å². The minimum absolute atomic E-state index is 0.264. The van der Waals surface area contributed by atoms with E-state index in [4.69, 9.17) is 15.6 Å². The highest BCUT2D eigenvalue weighted by atomic mass is 32.2. The number of carboxylic acids is 1. The Morgan fingerprint density at radius 2 is 1.96 bits per heavy atom. The lowest BCUT2D eigenvalue weighted by atomic mass is 10.2. The maximum Gasteiger partial charge on any atom is 0.490 e. The van der Waals surface area contributed by atoms with Crippen molar-refractivity contribution in [2.75, 3.05) is 6.54 Å². The molecule has 12 heteroatoms. The summed E-state index contributed by atoms with van der Waals surface area (Å²) in [4.78, 5) is 20.0. The molecule has 0 aromatic carbocycles. The molecule has 0 spiro atoms. The third-order valence-electron chi connectivity index (χ3n) is 2.83. The highest BCUT2D eigenvalue weighted by molar-refractivity contribution is 7.91. The largest absolute Gasteiger partial charge is 0.490 e. The van der Waals surface area contributed by atoms with E-state index >= 15 is 0 Å². The first-order valence-corrected chi connectivity index (χ1v) is 8.44.